The van der Waals surface area contributed by atoms with Gasteiger partial charge < -0.3 is 0 Å². The Morgan fingerprint density at radius 1 is 0.762 bits per heavy atom. The molecule has 2 rings (SSSR count). The summed E-state index contributed by atoms with van der Waals surface area (Å²) in [6.45, 7) is 19.3. The molecule has 0 saturated carbocycles. The van der Waals surface area contributed by atoms with Gasteiger partial charge >= 0.3 is 31.2 Å². The van der Waals surface area contributed by atoms with Crippen LogP contribution in [0.25, 0.3) is 0 Å². The van der Waals surface area contributed by atoms with Crippen LogP contribution >= 0.6 is 0 Å². The van der Waals surface area contributed by atoms with E-state index in [2.05, 4.69) is 67.5 Å². The van der Waals surface area contributed by atoms with Crippen molar-refractivity contribution < 1.29 is 20.0 Å². The van der Waals surface area contributed by atoms with Crippen LogP contribution in [0.5, 0.6) is 0 Å². The van der Waals surface area contributed by atoms with E-state index < -0.39 is 0 Å². The van der Waals surface area contributed by atoms with Gasteiger partial charge in [-0.05, 0) is 0 Å². The van der Waals surface area contributed by atoms with Crippen molar-refractivity contribution in [1.29, 1.82) is 0 Å². The van der Waals surface area contributed by atoms with E-state index in [9.17, 15) is 0 Å². The molecule has 0 heterocycles. The summed E-state index contributed by atoms with van der Waals surface area (Å²) in [7, 11) is 0. The van der Waals surface area contributed by atoms with Crippen LogP contribution in [0.3, 0.4) is 0 Å². The molecule has 0 aromatic carbocycles. The van der Waals surface area contributed by atoms with E-state index in [0.717, 1.165) is 0 Å². The van der Waals surface area contributed by atoms with Crippen molar-refractivity contribution in [1.82, 2.24) is 0 Å². The Morgan fingerprint density at radius 3 is 1.05 bits per heavy atom. The Bertz CT molecular complexity index is 454. The predicted octanol–water partition coefficient (Wildman–Crippen LogP) is 5.80. The maximum atomic E-state index is 3.36. The molecule has 2 atom stereocenters. The van der Waals surface area contributed by atoms with Crippen LogP contribution < -0.4 is 0 Å². The molecule has 0 nitrogen and oxygen atoms in total. The average molecular weight is 318 g/mol. The first-order valence-corrected chi connectivity index (χ1v) is 8.58. The van der Waals surface area contributed by atoms with Gasteiger partial charge in [0.2, 0.25) is 0 Å². The van der Waals surface area contributed by atoms with Gasteiger partial charge in [-0.1, -0.05) is 53.4 Å². The summed E-state index contributed by atoms with van der Waals surface area (Å²) < 4.78 is 2.00. The molecule has 0 spiro atoms. The fourth-order valence-electron chi connectivity index (χ4n) is 2.32. The van der Waals surface area contributed by atoms with Crippen molar-refractivity contribution in [2.24, 2.45) is 11.8 Å². The minimum absolute atomic E-state index is 0.560. The zero-order valence-corrected chi connectivity index (χ0v) is 16.8. The molecule has 0 aromatic heterocycles. The van der Waals surface area contributed by atoms with Crippen LogP contribution in [-0.2, 0) is 20.0 Å². The summed E-state index contributed by atoms with van der Waals surface area (Å²) in [6, 6.07) is 0. The second-order valence-corrected chi connectivity index (χ2v) is 6.79. The van der Waals surface area contributed by atoms with Crippen molar-refractivity contribution in [3.8, 4) is 0 Å². The van der Waals surface area contributed by atoms with Gasteiger partial charge in [0.1, 0.15) is 0 Å². The number of hydrogen-bond donors (Lipinski definition) is 0. The van der Waals surface area contributed by atoms with Crippen LogP contribution in [-0.4, -0.2) is 4.31 Å². The Labute approximate surface area is 144 Å². The molecule has 0 bridgehead atoms. The van der Waals surface area contributed by atoms with Crippen LogP contribution in [0.1, 0.15) is 62.3 Å². The summed E-state index contributed by atoms with van der Waals surface area (Å²) in [5.41, 5.74) is 8.49. The molecule has 0 saturated heterocycles. The molecule has 2 aliphatic carbocycles. The van der Waals surface area contributed by atoms with E-state index in [1.165, 1.54) is 33.4 Å². The van der Waals surface area contributed by atoms with E-state index in [-0.39, 0.29) is 0 Å². The number of hydrogen-bond acceptors (Lipinski definition) is 0. The molecule has 21 heavy (non-hydrogen) atoms. The normalized spacial score (nSPS) is 24.0. The third-order valence-corrected chi connectivity index (χ3v) is 4.47. The third kappa shape index (κ3) is 6.05. The zero-order valence-electron chi connectivity index (χ0n) is 15.2. The molecule has 2 aliphatic rings. The summed E-state index contributed by atoms with van der Waals surface area (Å²) in [5, 5.41) is 0. The van der Waals surface area contributed by atoms with E-state index in [0.29, 0.717) is 11.8 Å². The van der Waals surface area contributed by atoms with Crippen molar-refractivity contribution in [2.45, 2.75) is 62.3 Å². The van der Waals surface area contributed by atoms with Crippen LogP contribution in [0.15, 0.2) is 33.4 Å². The molecule has 0 aromatic rings. The topological polar surface area (TPSA) is 0 Å². The van der Waals surface area contributed by atoms with Crippen molar-refractivity contribution >= 4 is 4.31 Å². The standard InChI is InChI=1S/2C9H13.C2H4.Ti/c2*1-6-5-7(2)9(4)8(6)3;1-2;/h2*6H,1-4H3;1H,2H3;/q2*-1;;+2. The van der Waals surface area contributed by atoms with Gasteiger partial charge in [-0.2, -0.15) is 22.3 Å². The van der Waals surface area contributed by atoms with Gasteiger partial charge in [-0.25, -0.2) is 11.1 Å². The maximum absolute atomic E-state index is 3.36. The van der Waals surface area contributed by atoms with E-state index in [1.54, 1.807) is 0 Å². The van der Waals surface area contributed by atoms with Crippen molar-refractivity contribution in [3.05, 3.63) is 45.6 Å². The van der Waals surface area contributed by atoms with E-state index in [1.807, 2.05) is 31.2 Å². The first-order chi connectivity index (χ1) is 9.67. The number of rotatable bonds is 0. The Hall–Kier alpha value is -0.456. The van der Waals surface area contributed by atoms with Crippen LogP contribution in [0, 0.1) is 24.0 Å². The molecule has 0 radical (unpaired) electrons. The molecular formula is C20H30Ti. The first kappa shape index (κ1) is 20.5. The molecule has 0 N–H and O–H groups in total. The average Bonchev–Trinajstić information content (AvgIpc) is 2.77. The van der Waals surface area contributed by atoms with Gasteiger partial charge in [0.05, 0.1) is 0 Å². The van der Waals surface area contributed by atoms with Crippen LogP contribution in [0.4, 0.5) is 0 Å². The summed E-state index contributed by atoms with van der Waals surface area (Å²) in [4.78, 5) is 0. The second kappa shape index (κ2) is 9.54. The molecule has 2 unspecified atom stereocenters. The Balaban J connectivity index is 0.000000322. The monoisotopic (exact) mass is 318 g/mol. The Kier molecular flexibility index (Phi) is 9.33. The van der Waals surface area contributed by atoms with Crippen molar-refractivity contribution in [3.63, 3.8) is 0 Å². The fourth-order valence-corrected chi connectivity index (χ4v) is 2.32. The van der Waals surface area contributed by atoms with Gasteiger partial charge in [0.15, 0.2) is 0 Å². The molecule has 0 fully saturated rings. The van der Waals surface area contributed by atoms with E-state index in [4.69, 9.17) is 0 Å². The van der Waals surface area contributed by atoms with Gasteiger partial charge in [0, 0.05) is 0 Å². The molecule has 1 heteroatoms. The van der Waals surface area contributed by atoms with Crippen LogP contribution in [0.2, 0.25) is 0 Å². The minimum atomic E-state index is 0.560. The summed E-state index contributed by atoms with van der Waals surface area (Å²) >= 11 is 2.00. The zero-order chi connectivity index (χ0) is 16.7. The second-order valence-electron chi connectivity index (χ2n) is 5.89. The Morgan fingerprint density at radius 2 is 1.00 bits per heavy atom. The van der Waals surface area contributed by atoms with Gasteiger partial charge in [0.25, 0.3) is 0 Å². The summed E-state index contributed by atoms with van der Waals surface area (Å²) in [5.74, 6) is 1.12. The molecule has 0 amide bonds. The van der Waals surface area contributed by atoms with Gasteiger partial charge in [-0.3, -0.25) is 12.2 Å². The SMILES string of the molecule is CC1=[C-]C(C)C(C)=C1C.CC1=[C-]C(C)C(C)=C1C.C[CH]=[Ti+2]. The van der Waals surface area contributed by atoms with Gasteiger partial charge in [-0.15, -0.1) is 13.8 Å². The molecular weight excluding hydrogens is 288 g/mol. The molecule has 114 valence electrons. The number of allylic oxidation sites excluding steroid dienone is 8. The third-order valence-electron chi connectivity index (χ3n) is 4.47. The van der Waals surface area contributed by atoms with Crippen molar-refractivity contribution in [2.75, 3.05) is 0 Å². The summed E-state index contributed by atoms with van der Waals surface area (Å²) in [6.07, 6.45) is 6.72. The fraction of sp³-hybridized carbons (Fsp3) is 0.550. The quantitative estimate of drug-likeness (QED) is 0.391. The van der Waals surface area contributed by atoms with E-state index >= 15 is 0 Å². The predicted molar refractivity (Wildman–Crippen MR) is 91.7 cm³/mol. The first-order valence-electron chi connectivity index (χ1n) is 7.68. The molecule has 0 aliphatic heterocycles.